The van der Waals surface area contributed by atoms with E-state index in [1.165, 1.54) is 83.5 Å². The second-order valence-electron chi connectivity index (χ2n) is 21.8. The van der Waals surface area contributed by atoms with E-state index in [0.29, 0.717) is 23.9 Å². The van der Waals surface area contributed by atoms with Gasteiger partial charge in [0.25, 0.3) is 7.82 Å². The van der Waals surface area contributed by atoms with Gasteiger partial charge in [0.1, 0.15) is 19.3 Å². The van der Waals surface area contributed by atoms with E-state index in [0.717, 1.165) is 122 Å². The third-order valence-electron chi connectivity index (χ3n) is 13.2. The minimum absolute atomic E-state index is 0.0358. The highest BCUT2D eigenvalue weighted by atomic mass is 31.2. The Kier molecular flexibility index (Phi) is 53.5. The number of likely N-dealkylation sites (N-methyl/N-ethyl adjacent to an activating group) is 1. The second kappa shape index (κ2) is 56.0. The first-order valence-electron chi connectivity index (χ1n) is 31.2. The average molecular weight is 1090 g/mol. The normalized spacial score (nSPS) is 14.4. The summed E-state index contributed by atoms with van der Waals surface area (Å²) in [6, 6.07) is -0.915. The number of amides is 1. The zero-order valence-corrected chi connectivity index (χ0v) is 51.3. The lowest BCUT2D eigenvalue weighted by atomic mass is 10.0. The Hall–Kier alpha value is -3.33. The number of carbonyl (C=O) groups excluding carboxylic acids is 2. The summed E-state index contributed by atoms with van der Waals surface area (Å²) in [5.74, 6) is -0.593. The summed E-state index contributed by atoms with van der Waals surface area (Å²) in [6.45, 7) is 6.66. The molecule has 0 aliphatic heterocycles. The van der Waals surface area contributed by atoms with Crippen LogP contribution >= 0.6 is 7.82 Å². The third kappa shape index (κ3) is 57.2. The number of unbranched alkanes of at least 4 members (excludes halogenated alkanes) is 23. The number of phosphoric ester groups is 1. The molecule has 0 saturated heterocycles. The van der Waals surface area contributed by atoms with Gasteiger partial charge in [-0.25, -0.2) is 0 Å². The van der Waals surface area contributed by atoms with E-state index < -0.39 is 26.6 Å². The fourth-order valence-electron chi connectivity index (χ4n) is 8.38. The number of ether oxygens (including phenoxy) is 1. The van der Waals surface area contributed by atoms with E-state index in [-0.39, 0.29) is 31.3 Å². The van der Waals surface area contributed by atoms with Crippen LogP contribution in [0.25, 0.3) is 0 Å². The van der Waals surface area contributed by atoms with Crippen molar-refractivity contribution in [3.05, 3.63) is 109 Å². The standard InChI is InChI=1S/C67H117N2O7P/c1-7-10-13-16-19-22-25-28-30-32-33-34-35-37-38-41-44-47-50-53-56-59-66(70)68-64(63-75-77(72,73)74-62-61-69(4,5)6)65(58-55-52-49-46-43-40-27-24-21-18-15-12-9-3)76-67(71)60-57-54-51-48-45-42-39-36-31-29-26-23-20-17-14-11-8-2/h10,13,19-20,22-23,28-31,33-34,37-39,42,55,58,64-65H,7-9,11-12,14-18,21,24-27,32,35-36,40-41,43-54,56-57,59-63H2,1-6H3,(H-,68,70,72,73)/b13-10-,22-19-,23-20-,30-28-,31-29-,34-33-,38-37-,42-39-,58-55-. The molecule has 0 heterocycles. The van der Waals surface area contributed by atoms with Crippen molar-refractivity contribution in [2.24, 2.45) is 0 Å². The molecule has 0 bridgehead atoms. The first-order chi connectivity index (χ1) is 37.4. The van der Waals surface area contributed by atoms with Crippen molar-refractivity contribution in [3.8, 4) is 0 Å². The fraction of sp³-hybridized carbons (Fsp3) is 0.701. The van der Waals surface area contributed by atoms with Crippen LogP contribution in [0.1, 0.15) is 252 Å². The molecule has 1 amide bonds. The number of hydrogen-bond donors (Lipinski definition) is 1. The van der Waals surface area contributed by atoms with Gasteiger partial charge in [-0.3, -0.25) is 14.2 Å². The van der Waals surface area contributed by atoms with Gasteiger partial charge in [0.15, 0.2) is 0 Å². The van der Waals surface area contributed by atoms with Crippen LogP contribution in [0, 0.1) is 0 Å². The summed E-state index contributed by atoms with van der Waals surface area (Å²) < 4.78 is 30.3. The predicted molar refractivity (Wildman–Crippen MR) is 330 cm³/mol. The highest BCUT2D eigenvalue weighted by molar-refractivity contribution is 7.45. The monoisotopic (exact) mass is 1090 g/mol. The number of carbonyl (C=O) groups is 2. The smallest absolute Gasteiger partial charge is 0.306 e. The molecule has 0 spiro atoms. The minimum atomic E-state index is -4.72. The molecule has 0 aliphatic rings. The zero-order valence-electron chi connectivity index (χ0n) is 50.4. The maximum Gasteiger partial charge on any atom is 0.306 e. The van der Waals surface area contributed by atoms with Crippen molar-refractivity contribution in [3.63, 3.8) is 0 Å². The lowest BCUT2D eigenvalue weighted by Gasteiger charge is -2.30. The van der Waals surface area contributed by atoms with Gasteiger partial charge in [-0.1, -0.05) is 233 Å². The highest BCUT2D eigenvalue weighted by Crippen LogP contribution is 2.38. The van der Waals surface area contributed by atoms with E-state index in [1.54, 1.807) is 0 Å². The van der Waals surface area contributed by atoms with Crippen molar-refractivity contribution < 1.29 is 37.3 Å². The van der Waals surface area contributed by atoms with Crippen LogP contribution < -0.4 is 10.2 Å². The number of allylic oxidation sites excluding steroid dienone is 17. The molecule has 0 aliphatic carbocycles. The minimum Gasteiger partial charge on any atom is -0.756 e. The number of nitrogens with one attached hydrogen (secondary N) is 1. The molecule has 3 atom stereocenters. The van der Waals surface area contributed by atoms with Gasteiger partial charge in [0.2, 0.25) is 5.91 Å². The molecule has 1 N–H and O–H groups in total. The Balaban J connectivity index is 5.37. The predicted octanol–water partition coefficient (Wildman–Crippen LogP) is 18.7. The molecule has 9 nitrogen and oxygen atoms in total. The Morgan fingerprint density at radius 1 is 0.468 bits per heavy atom. The number of esters is 1. The molecule has 0 radical (unpaired) electrons. The number of rotatable bonds is 55. The summed E-state index contributed by atoms with van der Waals surface area (Å²) in [6.07, 6.45) is 76.2. The van der Waals surface area contributed by atoms with Crippen molar-refractivity contribution in [1.82, 2.24) is 5.32 Å². The van der Waals surface area contributed by atoms with Gasteiger partial charge in [-0.05, 0) is 115 Å². The van der Waals surface area contributed by atoms with Crippen LogP contribution in [-0.2, 0) is 27.9 Å². The summed E-state index contributed by atoms with van der Waals surface area (Å²) >= 11 is 0. The van der Waals surface area contributed by atoms with E-state index in [1.807, 2.05) is 33.3 Å². The molecule has 0 rings (SSSR count). The first-order valence-corrected chi connectivity index (χ1v) is 32.7. The Morgan fingerprint density at radius 2 is 0.831 bits per heavy atom. The van der Waals surface area contributed by atoms with Crippen LogP contribution in [0.15, 0.2) is 109 Å². The number of nitrogens with zero attached hydrogens (tertiary/aromatic N) is 1. The van der Waals surface area contributed by atoms with Crippen molar-refractivity contribution >= 4 is 19.7 Å². The van der Waals surface area contributed by atoms with E-state index in [2.05, 4.69) is 123 Å². The first kappa shape index (κ1) is 73.7. The molecule has 442 valence electrons. The van der Waals surface area contributed by atoms with Crippen molar-refractivity contribution in [2.45, 2.75) is 264 Å². The molecular weight excluding hydrogens is 976 g/mol. The van der Waals surface area contributed by atoms with E-state index >= 15 is 0 Å². The summed E-state index contributed by atoms with van der Waals surface area (Å²) in [5.41, 5.74) is 0. The summed E-state index contributed by atoms with van der Waals surface area (Å²) in [4.78, 5) is 40.0. The quantitative estimate of drug-likeness (QED) is 0.0212. The molecule has 0 saturated carbocycles. The van der Waals surface area contributed by atoms with Gasteiger partial charge in [0.05, 0.1) is 33.8 Å². The van der Waals surface area contributed by atoms with Crippen molar-refractivity contribution in [1.29, 1.82) is 0 Å². The maximum absolute atomic E-state index is 13.5. The molecule has 0 aromatic carbocycles. The van der Waals surface area contributed by atoms with Gasteiger partial charge in [0, 0.05) is 12.8 Å². The zero-order chi connectivity index (χ0) is 56.4. The molecular formula is C67H117N2O7P. The van der Waals surface area contributed by atoms with Crippen LogP contribution in [-0.4, -0.2) is 69.4 Å². The third-order valence-corrected chi connectivity index (χ3v) is 14.2. The molecule has 0 aromatic rings. The lowest BCUT2D eigenvalue weighted by molar-refractivity contribution is -0.870. The van der Waals surface area contributed by atoms with Crippen LogP contribution in [0.5, 0.6) is 0 Å². The van der Waals surface area contributed by atoms with Crippen LogP contribution in [0.3, 0.4) is 0 Å². The molecule has 3 unspecified atom stereocenters. The summed E-state index contributed by atoms with van der Waals surface area (Å²) in [7, 11) is 1.14. The molecule has 10 heteroatoms. The number of hydrogen-bond acceptors (Lipinski definition) is 7. The average Bonchev–Trinajstić information content (AvgIpc) is 3.39. The fourth-order valence-corrected chi connectivity index (χ4v) is 9.10. The number of quaternary nitrogens is 1. The Morgan fingerprint density at radius 3 is 1.27 bits per heavy atom. The van der Waals surface area contributed by atoms with Gasteiger partial charge in [-0.15, -0.1) is 0 Å². The summed E-state index contributed by atoms with van der Waals surface area (Å²) in [5, 5.41) is 3.01. The number of phosphoric acid groups is 1. The molecule has 0 fully saturated rings. The van der Waals surface area contributed by atoms with Gasteiger partial charge < -0.3 is 28.5 Å². The molecule has 77 heavy (non-hydrogen) atoms. The lowest BCUT2D eigenvalue weighted by Crippen LogP contribution is -2.47. The topological polar surface area (TPSA) is 114 Å². The Bertz CT molecular complexity index is 1690. The maximum atomic E-state index is 13.5. The van der Waals surface area contributed by atoms with Crippen LogP contribution in [0.4, 0.5) is 0 Å². The van der Waals surface area contributed by atoms with E-state index in [4.69, 9.17) is 13.8 Å². The van der Waals surface area contributed by atoms with Crippen molar-refractivity contribution in [2.75, 3.05) is 40.9 Å². The largest absolute Gasteiger partial charge is 0.756 e. The van der Waals surface area contributed by atoms with Gasteiger partial charge in [-0.2, -0.15) is 0 Å². The highest BCUT2D eigenvalue weighted by Gasteiger charge is 2.27. The SMILES string of the molecule is CC/C=C\C/C=C\C/C=C\C/C=C\C/C=C\CCCCCCCC(=O)NC(COP(=O)([O-])OCC[N+](C)(C)C)C(/C=C\CCCCCCCCCCCCC)OC(=O)CCCCCC/C=C\C/C=C\C/C=C\CCCCC. The van der Waals surface area contributed by atoms with E-state index in [9.17, 15) is 19.0 Å². The van der Waals surface area contributed by atoms with Gasteiger partial charge >= 0.3 is 5.97 Å². The second-order valence-corrected chi connectivity index (χ2v) is 23.2. The molecule has 0 aromatic heterocycles. The van der Waals surface area contributed by atoms with Crippen LogP contribution in [0.2, 0.25) is 0 Å². The Labute approximate surface area is 474 Å².